The van der Waals surface area contributed by atoms with Crippen LogP contribution in [-0.2, 0) is 17.6 Å². The van der Waals surface area contributed by atoms with Crippen LogP contribution in [0, 0.1) is 0 Å². The molecule has 4 rings (SSSR count). The molecule has 0 radical (unpaired) electrons. The Morgan fingerprint density at radius 3 is 2.53 bits per heavy atom. The monoisotopic (exact) mass is 419 g/mol. The van der Waals surface area contributed by atoms with E-state index in [0.717, 1.165) is 50.3 Å². The summed E-state index contributed by atoms with van der Waals surface area (Å²) in [4.78, 5) is 14.2. The van der Waals surface area contributed by atoms with Crippen LogP contribution in [0.25, 0.3) is 22.0 Å². The summed E-state index contributed by atoms with van der Waals surface area (Å²) >= 11 is 5.95. The molecule has 0 aliphatic rings. The van der Waals surface area contributed by atoms with Gasteiger partial charge in [-0.15, -0.1) is 0 Å². The number of hydrogen-bond donors (Lipinski definition) is 2. The predicted molar refractivity (Wildman–Crippen MR) is 120 cm³/mol. The van der Waals surface area contributed by atoms with E-state index in [0.29, 0.717) is 13.0 Å². The summed E-state index contributed by atoms with van der Waals surface area (Å²) in [6, 6.07) is 21.9. The highest BCUT2D eigenvalue weighted by molar-refractivity contribution is 6.30. The van der Waals surface area contributed by atoms with E-state index in [-0.39, 0.29) is 6.42 Å². The molecule has 0 aliphatic heterocycles. The van der Waals surface area contributed by atoms with Crippen LogP contribution in [0.1, 0.15) is 17.5 Å². The molecule has 5 heteroatoms. The third-order valence-corrected chi connectivity index (χ3v) is 5.35. The lowest BCUT2D eigenvalue weighted by atomic mass is 9.99. The minimum Gasteiger partial charge on any atom is -0.493 e. The van der Waals surface area contributed by atoms with Crippen LogP contribution in [-0.4, -0.2) is 22.7 Å². The van der Waals surface area contributed by atoms with Gasteiger partial charge in [0, 0.05) is 35.1 Å². The van der Waals surface area contributed by atoms with E-state index in [1.165, 1.54) is 0 Å². The van der Waals surface area contributed by atoms with Gasteiger partial charge in [0.1, 0.15) is 5.75 Å². The van der Waals surface area contributed by atoms with Gasteiger partial charge in [0.25, 0.3) is 0 Å². The number of H-pyrrole nitrogens is 1. The van der Waals surface area contributed by atoms with Crippen molar-refractivity contribution in [1.82, 2.24) is 4.98 Å². The van der Waals surface area contributed by atoms with Gasteiger partial charge in [-0.3, -0.25) is 4.79 Å². The summed E-state index contributed by atoms with van der Waals surface area (Å²) in [5.41, 5.74) is 5.23. The number of benzene rings is 3. The van der Waals surface area contributed by atoms with Gasteiger partial charge in [0.15, 0.2) is 0 Å². The summed E-state index contributed by atoms with van der Waals surface area (Å²) in [7, 11) is 0. The van der Waals surface area contributed by atoms with Crippen molar-refractivity contribution in [2.24, 2.45) is 0 Å². The number of hydrogen-bond acceptors (Lipinski definition) is 2. The first kappa shape index (κ1) is 20.0. The number of nitrogens with one attached hydrogen (secondary N) is 1. The Morgan fingerprint density at radius 1 is 0.933 bits per heavy atom. The zero-order valence-corrected chi connectivity index (χ0v) is 17.2. The molecule has 2 N–H and O–H groups in total. The Labute approximate surface area is 180 Å². The van der Waals surface area contributed by atoms with Crippen molar-refractivity contribution in [3.8, 4) is 16.9 Å². The van der Waals surface area contributed by atoms with E-state index in [2.05, 4.69) is 17.1 Å². The molecule has 3 aromatic carbocycles. The summed E-state index contributed by atoms with van der Waals surface area (Å²) in [6.07, 6.45) is 3.28. The second-order valence-electron chi connectivity index (χ2n) is 7.23. The number of aromatic amines is 1. The van der Waals surface area contributed by atoms with Gasteiger partial charge < -0.3 is 14.8 Å². The number of aryl methyl sites for hydroxylation is 1. The zero-order valence-electron chi connectivity index (χ0n) is 16.4. The summed E-state index contributed by atoms with van der Waals surface area (Å²) in [5.74, 6) is -0.00786. The summed E-state index contributed by atoms with van der Waals surface area (Å²) in [6.45, 7) is 0.537. The maximum Gasteiger partial charge on any atom is 0.303 e. The summed E-state index contributed by atoms with van der Waals surface area (Å²) in [5, 5.41) is 10.9. The molecule has 0 atom stereocenters. The minimum atomic E-state index is -0.798. The second-order valence-corrected chi connectivity index (χ2v) is 7.67. The van der Waals surface area contributed by atoms with Crippen molar-refractivity contribution in [2.45, 2.75) is 19.3 Å². The number of halogens is 1. The van der Waals surface area contributed by atoms with Crippen molar-refractivity contribution < 1.29 is 14.6 Å². The largest absolute Gasteiger partial charge is 0.493 e. The Kier molecular flexibility index (Phi) is 6.05. The first-order chi connectivity index (χ1) is 14.6. The molecule has 152 valence electrons. The molecule has 4 nitrogen and oxygen atoms in total. The molecule has 1 aromatic heterocycles. The highest BCUT2D eigenvalue weighted by Crippen LogP contribution is 2.33. The SMILES string of the molecule is O=C(O)CCc1ccc(OCCc2ccc(Cl)cc2)c(-c2ccc3[nH]ccc3c2)c1. The van der Waals surface area contributed by atoms with Gasteiger partial charge in [-0.05, 0) is 71.0 Å². The topological polar surface area (TPSA) is 62.3 Å². The molecule has 0 fully saturated rings. The van der Waals surface area contributed by atoms with Gasteiger partial charge in [-0.25, -0.2) is 0 Å². The third-order valence-electron chi connectivity index (χ3n) is 5.10. The molecule has 0 saturated carbocycles. The molecule has 0 aliphatic carbocycles. The van der Waals surface area contributed by atoms with E-state index in [9.17, 15) is 4.79 Å². The van der Waals surface area contributed by atoms with Crippen molar-refractivity contribution in [3.63, 3.8) is 0 Å². The number of fused-ring (bicyclic) bond motifs is 1. The number of aliphatic carboxylic acids is 1. The number of ether oxygens (including phenoxy) is 1. The fraction of sp³-hybridized carbons (Fsp3) is 0.160. The lowest BCUT2D eigenvalue weighted by Crippen LogP contribution is -2.03. The van der Waals surface area contributed by atoms with E-state index < -0.39 is 5.97 Å². The zero-order chi connectivity index (χ0) is 20.9. The van der Waals surface area contributed by atoms with Gasteiger partial charge in [-0.2, -0.15) is 0 Å². The van der Waals surface area contributed by atoms with Crippen molar-refractivity contribution >= 4 is 28.5 Å². The number of rotatable bonds is 8. The van der Waals surface area contributed by atoms with Gasteiger partial charge >= 0.3 is 5.97 Å². The molecule has 0 bridgehead atoms. The molecule has 0 saturated heterocycles. The number of aromatic nitrogens is 1. The Balaban J connectivity index is 1.59. The lowest BCUT2D eigenvalue weighted by Gasteiger charge is -2.14. The molecule has 30 heavy (non-hydrogen) atoms. The Bertz CT molecular complexity index is 1160. The fourth-order valence-electron chi connectivity index (χ4n) is 3.49. The van der Waals surface area contributed by atoms with E-state index in [1.54, 1.807) is 0 Å². The number of carbonyl (C=O) groups is 1. The van der Waals surface area contributed by atoms with Crippen LogP contribution in [0.15, 0.2) is 72.9 Å². The van der Waals surface area contributed by atoms with E-state index >= 15 is 0 Å². The van der Waals surface area contributed by atoms with Crippen LogP contribution >= 0.6 is 11.6 Å². The van der Waals surface area contributed by atoms with Gasteiger partial charge in [0.05, 0.1) is 6.61 Å². The first-order valence-electron chi connectivity index (χ1n) is 9.88. The van der Waals surface area contributed by atoms with Crippen LogP contribution in [0.3, 0.4) is 0 Å². The smallest absolute Gasteiger partial charge is 0.303 e. The molecule has 4 aromatic rings. The molecule has 0 spiro atoms. The molecule has 0 unspecified atom stereocenters. The maximum absolute atomic E-state index is 11.0. The van der Waals surface area contributed by atoms with Crippen molar-refractivity contribution in [3.05, 3.63) is 89.1 Å². The standard InChI is InChI=1S/C25H22ClNO3/c26-21-6-1-17(2-7-21)12-14-30-24-9-3-18(4-10-25(28)29)15-22(24)19-5-8-23-20(16-19)11-13-27-23/h1-3,5-9,11,13,15-16,27H,4,10,12,14H2,(H,28,29). The van der Waals surface area contributed by atoms with Gasteiger partial charge in [-0.1, -0.05) is 35.9 Å². The average Bonchev–Trinajstić information content (AvgIpc) is 3.22. The maximum atomic E-state index is 11.0. The number of carboxylic acids is 1. The molecule has 1 heterocycles. The highest BCUT2D eigenvalue weighted by atomic mass is 35.5. The van der Waals surface area contributed by atoms with Crippen molar-refractivity contribution in [1.29, 1.82) is 0 Å². The summed E-state index contributed by atoms with van der Waals surface area (Å²) < 4.78 is 6.14. The van der Waals surface area contributed by atoms with Crippen molar-refractivity contribution in [2.75, 3.05) is 6.61 Å². The lowest BCUT2D eigenvalue weighted by molar-refractivity contribution is -0.136. The van der Waals surface area contributed by atoms with Crippen LogP contribution in [0.2, 0.25) is 5.02 Å². The van der Waals surface area contributed by atoms with Crippen LogP contribution in [0.4, 0.5) is 0 Å². The molecular formula is C25H22ClNO3. The quantitative estimate of drug-likeness (QED) is 0.361. The minimum absolute atomic E-state index is 0.104. The third kappa shape index (κ3) is 4.84. The molecule has 0 amide bonds. The predicted octanol–water partition coefficient (Wildman–Crippen LogP) is 6.13. The van der Waals surface area contributed by atoms with Gasteiger partial charge in [0.2, 0.25) is 0 Å². The fourth-order valence-corrected chi connectivity index (χ4v) is 3.61. The first-order valence-corrected chi connectivity index (χ1v) is 10.3. The van der Waals surface area contributed by atoms with E-state index in [1.807, 2.05) is 60.8 Å². The Morgan fingerprint density at radius 2 is 1.73 bits per heavy atom. The second kappa shape index (κ2) is 9.06. The van der Waals surface area contributed by atoms with Crippen LogP contribution < -0.4 is 4.74 Å². The average molecular weight is 420 g/mol. The van der Waals surface area contributed by atoms with Crippen LogP contribution in [0.5, 0.6) is 5.75 Å². The Hall–Kier alpha value is -3.24. The number of carboxylic acid groups (broad SMARTS) is 1. The van der Waals surface area contributed by atoms with E-state index in [4.69, 9.17) is 21.4 Å². The normalized spacial score (nSPS) is 11.0. The molecular weight excluding hydrogens is 398 g/mol. The highest BCUT2D eigenvalue weighted by Gasteiger charge is 2.11.